The fourth-order valence-electron chi connectivity index (χ4n) is 4.08. The Morgan fingerprint density at radius 2 is 1.79 bits per heavy atom. The molecule has 148 valence electrons. The van der Waals surface area contributed by atoms with Crippen LogP contribution in [0.5, 0.6) is 0 Å². The second kappa shape index (κ2) is 6.50. The first-order chi connectivity index (χ1) is 14.0. The summed E-state index contributed by atoms with van der Waals surface area (Å²) in [5.74, 6) is 0. The Balaban J connectivity index is 1.55. The summed E-state index contributed by atoms with van der Waals surface area (Å²) >= 11 is 0. The van der Waals surface area contributed by atoms with Crippen LogP contribution in [-0.4, -0.2) is 44.9 Å². The first-order valence-electron chi connectivity index (χ1n) is 9.34. The molecule has 4 heterocycles. The van der Waals surface area contributed by atoms with E-state index in [1.54, 1.807) is 52.8 Å². The molecule has 1 atom stereocenters. The van der Waals surface area contributed by atoms with Gasteiger partial charge in [0, 0.05) is 37.9 Å². The minimum Gasteiger partial charge on any atom is -0.293 e. The molecule has 1 aromatic carbocycles. The molecule has 0 N–H and O–H groups in total. The van der Waals surface area contributed by atoms with Crippen LogP contribution in [0.1, 0.15) is 12.5 Å². The van der Waals surface area contributed by atoms with Gasteiger partial charge in [0.15, 0.2) is 5.65 Å². The van der Waals surface area contributed by atoms with E-state index in [1.807, 2.05) is 18.2 Å². The lowest BCUT2D eigenvalue weighted by molar-refractivity contribution is 0.449. The lowest BCUT2D eigenvalue weighted by atomic mass is 10.2. The van der Waals surface area contributed by atoms with Crippen molar-refractivity contribution in [3.8, 4) is 0 Å². The zero-order valence-electron chi connectivity index (χ0n) is 15.8. The molecule has 8 nitrogen and oxygen atoms in total. The van der Waals surface area contributed by atoms with Crippen LogP contribution >= 0.6 is 0 Å². The lowest BCUT2D eigenvalue weighted by Crippen LogP contribution is -2.32. The molecule has 29 heavy (non-hydrogen) atoms. The number of aromatic nitrogens is 4. The highest BCUT2D eigenvalue weighted by molar-refractivity contribution is 7.89. The van der Waals surface area contributed by atoms with Crippen LogP contribution in [0.15, 0.2) is 64.5 Å². The predicted octanol–water partition coefficient (Wildman–Crippen LogP) is 1.92. The molecule has 0 unspecified atom stereocenters. The van der Waals surface area contributed by atoms with Gasteiger partial charge in [0.1, 0.15) is 4.90 Å². The van der Waals surface area contributed by atoms with E-state index in [4.69, 9.17) is 0 Å². The van der Waals surface area contributed by atoms with Gasteiger partial charge in [-0.15, -0.1) is 0 Å². The number of hydrogen-bond acceptors (Lipinski definition) is 5. The molecule has 9 heteroatoms. The van der Waals surface area contributed by atoms with Gasteiger partial charge >= 0.3 is 5.69 Å². The maximum atomic E-state index is 13.4. The zero-order chi connectivity index (χ0) is 20.2. The van der Waals surface area contributed by atoms with E-state index in [1.165, 1.54) is 4.31 Å². The Hall–Kier alpha value is -3.04. The Labute approximate surface area is 167 Å². The third-order valence-electron chi connectivity index (χ3n) is 5.55. The SMILES string of the molecule is Cn1c(=O)n([C@@H]2CCN(S(=O)(=O)c3cccc4cccnc34)C2)c2ncccc21. The number of hydrogen-bond donors (Lipinski definition) is 0. The molecule has 4 aromatic rings. The summed E-state index contributed by atoms with van der Waals surface area (Å²) in [7, 11) is -2.03. The number of pyridine rings is 2. The maximum absolute atomic E-state index is 13.4. The molecule has 0 radical (unpaired) electrons. The first-order valence-corrected chi connectivity index (χ1v) is 10.8. The molecule has 5 rings (SSSR count). The highest BCUT2D eigenvalue weighted by Crippen LogP contribution is 2.30. The van der Waals surface area contributed by atoms with Crippen LogP contribution in [0.3, 0.4) is 0 Å². The van der Waals surface area contributed by atoms with Gasteiger partial charge in [0.05, 0.1) is 17.1 Å². The third-order valence-corrected chi connectivity index (χ3v) is 7.45. The molecule has 0 bridgehead atoms. The topological polar surface area (TPSA) is 90.1 Å². The average Bonchev–Trinajstić information content (AvgIpc) is 3.32. The fourth-order valence-corrected chi connectivity index (χ4v) is 5.74. The Morgan fingerprint density at radius 3 is 2.66 bits per heavy atom. The predicted molar refractivity (Wildman–Crippen MR) is 109 cm³/mol. The van der Waals surface area contributed by atoms with Crippen molar-refractivity contribution in [2.75, 3.05) is 13.1 Å². The summed E-state index contributed by atoms with van der Waals surface area (Å²) in [4.78, 5) is 21.6. The molecular weight excluding hydrogens is 390 g/mol. The molecular formula is C20H19N5O3S. The highest BCUT2D eigenvalue weighted by Gasteiger charge is 2.36. The molecule has 3 aromatic heterocycles. The van der Waals surface area contributed by atoms with E-state index in [2.05, 4.69) is 9.97 Å². The summed E-state index contributed by atoms with van der Waals surface area (Å²) in [5.41, 5.74) is 1.59. The summed E-state index contributed by atoms with van der Waals surface area (Å²) in [5, 5.41) is 0.777. The Kier molecular flexibility index (Phi) is 4.04. The van der Waals surface area contributed by atoms with Crippen LogP contribution in [0, 0.1) is 0 Å². The van der Waals surface area contributed by atoms with Gasteiger partial charge in [-0.05, 0) is 30.7 Å². The van der Waals surface area contributed by atoms with Crippen molar-refractivity contribution in [1.82, 2.24) is 23.4 Å². The molecule has 1 aliphatic heterocycles. The number of para-hydroxylation sites is 1. The minimum atomic E-state index is -3.74. The quantitative estimate of drug-likeness (QED) is 0.516. The summed E-state index contributed by atoms with van der Waals surface area (Å²) in [6.45, 7) is 0.563. The maximum Gasteiger partial charge on any atom is 0.330 e. The van der Waals surface area contributed by atoms with Crippen LogP contribution in [-0.2, 0) is 17.1 Å². The monoisotopic (exact) mass is 409 g/mol. The van der Waals surface area contributed by atoms with Crippen molar-refractivity contribution in [3.05, 3.63) is 65.3 Å². The second-order valence-electron chi connectivity index (χ2n) is 7.19. The van der Waals surface area contributed by atoms with Gasteiger partial charge in [0.25, 0.3) is 0 Å². The second-order valence-corrected chi connectivity index (χ2v) is 9.10. The van der Waals surface area contributed by atoms with Crippen molar-refractivity contribution in [2.24, 2.45) is 7.05 Å². The van der Waals surface area contributed by atoms with Crippen molar-refractivity contribution < 1.29 is 8.42 Å². The van der Waals surface area contributed by atoms with Crippen molar-refractivity contribution in [1.29, 1.82) is 0 Å². The Morgan fingerprint density at radius 1 is 1.03 bits per heavy atom. The van der Waals surface area contributed by atoms with E-state index in [9.17, 15) is 13.2 Å². The number of sulfonamides is 1. The van der Waals surface area contributed by atoms with Crippen molar-refractivity contribution in [2.45, 2.75) is 17.4 Å². The molecule has 1 fully saturated rings. The van der Waals surface area contributed by atoms with E-state index in [-0.39, 0.29) is 23.2 Å². The van der Waals surface area contributed by atoms with Crippen LogP contribution in [0.4, 0.5) is 0 Å². The number of rotatable bonds is 3. The van der Waals surface area contributed by atoms with E-state index in [0.717, 1.165) is 10.9 Å². The van der Waals surface area contributed by atoms with Crippen molar-refractivity contribution in [3.63, 3.8) is 0 Å². The molecule has 0 spiro atoms. The summed E-state index contributed by atoms with van der Waals surface area (Å²) < 4.78 is 31.3. The third kappa shape index (κ3) is 2.69. The van der Waals surface area contributed by atoms with E-state index >= 15 is 0 Å². The summed E-state index contributed by atoms with van der Waals surface area (Å²) in [6.07, 6.45) is 3.78. The lowest BCUT2D eigenvalue weighted by Gasteiger charge is -2.18. The van der Waals surface area contributed by atoms with Gasteiger partial charge in [-0.1, -0.05) is 18.2 Å². The van der Waals surface area contributed by atoms with Crippen LogP contribution in [0.25, 0.3) is 22.1 Å². The minimum absolute atomic E-state index is 0.185. The van der Waals surface area contributed by atoms with Gasteiger partial charge < -0.3 is 0 Å². The molecule has 0 saturated carbocycles. The number of benzene rings is 1. The number of fused-ring (bicyclic) bond motifs is 2. The number of aryl methyl sites for hydroxylation is 1. The number of imidazole rings is 1. The number of nitrogens with zero attached hydrogens (tertiary/aromatic N) is 5. The van der Waals surface area contributed by atoms with Crippen LogP contribution < -0.4 is 5.69 Å². The van der Waals surface area contributed by atoms with Crippen molar-refractivity contribution >= 4 is 32.1 Å². The van der Waals surface area contributed by atoms with E-state index < -0.39 is 10.0 Å². The molecule has 1 saturated heterocycles. The van der Waals surface area contributed by atoms with Gasteiger partial charge in [-0.25, -0.2) is 18.2 Å². The van der Waals surface area contributed by atoms with E-state index in [0.29, 0.717) is 24.1 Å². The Bertz CT molecular complexity index is 1400. The molecule has 0 aliphatic carbocycles. The van der Waals surface area contributed by atoms with Crippen LogP contribution in [0.2, 0.25) is 0 Å². The fraction of sp³-hybridized carbons (Fsp3) is 0.250. The van der Waals surface area contributed by atoms with Gasteiger partial charge in [-0.3, -0.25) is 14.1 Å². The van der Waals surface area contributed by atoms with Gasteiger partial charge in [0.2, 0.25) is 10.0 Å². The summed E-state index contributed by atoms with van der Waals surface area (Å²) in [6, 6.07) is 12.1. The standard InChI is InChI=1S/C20H19N5O3S/c1-23-16-7-4-11-22-19(16)25(20(23)26)15-9-12-24(13-15)29(27,28)17-8-2-5-14-6-3-10-21-18(14)17/h2-8,10-11,15H,9,12-13H2,1H3/t15-/m1/s1. The zero-order valence-corrected chi connectivity index (χ0v) is 16.6. The van der Waals surface area contributed by atoms with Gasteiger partial charge in [-0.2, -0.15) is 4.31 Å². The molecule has 1 aliphatic rings. The largest absolute Gasteiger partial charge is 0.330 e. The highest BCUT2D eigenvalue weighted by atomic mass is 32.2. The first kappa shape index (κ1) is 18.0. The smallest absolute Gasteiger partial charge is 0.293 e. The average molecular weight is 409 g/mol. The normalized spacial score (nSPS) is 18.0. The molecule has 0 amide bonds.